The Morgan fingerprint density at radius 1 is 0.957 bits per heavy atom. The minimum atomic E-state index is -1.91. The van der Waals surface area contributed by atoms with Gasteiger partial charge >= 0.3 is 0 Å². The van der Waals surface area contributed by atoms with Crippen LogP contribution in [0.15, 0.2) is 0 Å². The van der Waals surface area contributed by atoms with Gasteiger partial charge in [0.25, 0.3) is 5.91 Å². The molecule has 46 heavy (non-hydrogen) atoms. The van der Waals surface area contributed by atoms with E-state index in [2.05, 4.69) is 21.3 Å². The first-order valence-corrected chi connectivity index (χ1v) is 15.5. The van der Waals surface area contributed by atoms with Crippen LogP contribution in [0.2, 0.25) is 0 Å². The van der Waals surface area contributed by atoms with E-state index < -0.39 is 116 Å². The van der Waals surface area contributed by atoms with Crippen molar-refractivity contribution in [2.45, 2.75) is 123 Å². The predicted molar refractivity (Wildman–Crippen MR) is 156 cm³/mol. The van der Waals surface area contributed by atoms with E-state index >= 15 is 0 Å². The first-order valence-electron chi connectivity index (χ1n) is 15.5. The van der Waals surface area contributed by atoms with Crippen LogP contribution < -0.4 is 44.2 Å². The summed E-state index contributed by atoms with van der Waals surface area (Å²) in [4.78, 5) is 13.2. The maximum atomic E-state index is 13.2. The fourth-order valence-corrected chi connectivity index (χ4v) is 6.51. The Morgan fingerprint density at radius 2 is 1.63 bits per heavy atom. The lowest BCUT2D eigenvalue weighted by Crippen LogP contribution is -2.70. The summed E-state index contributed by atoms with van der Waals surface area (Å²) in [5.41, 5.74) is 21.7. The van der Waals surface area contributed by atoms with Gasteiger partial charge in [-0.05, 0) is 12.8 Å². The smallest absolute Gasteiger partial charge is 0.254 e. The number of carbonyl (C=O) groups excluding carboxylic acids is 1. The number of ether oxygens (including phenoxy) is 4. The molecule has 5 rings (SSSR count). The third-order valence-electron chi connectivity index (χ3n) is 9.53. The fourth-order valence-electron chi connectivity index (χ4n) is 6.51. The molecule has 2 saturated carbocycles. The number of carbonyl (C=O) groups is 1. The highest BCUT2D eigenvalue weighted by Gasteiger charge is 2.61. The average Bonchev–Trinajstić information content (AvgIpc) is 3.64. The summed E-state index contributed by atoms with van der Waals surface area (Å²) in [7, 11) is 0. The van der Waals surface area contributed by atoms with Gasteiger partial charge in [-0.2, -0.15) is 0 Å². The van der Waals surface area contributed by atoms with E-state index in [4.69, 9.17) is 47.3 Å². The molecule has 3 unspecified atom stereocenters. The van der Waals surface area contributed by atoms with Gasteiger partial charge in [0, 0.05) is 38.1 Å². The minimum absolute atomic E-state index is 0.00920. The van der Waals surface area contributed by atoms with Gasteiger partial charge in [0.2, 0.25) is 0 Å². The van der Waals surface area contributed by atoms with Crippen LogP contribution in [0.1, 0.15) is 19.3 Å². The first-order chi connectivity index (χ1) is 21.8. The van der Waals surface area contributed by atoms with Crippen molar-refractivity contribution >= 4 is 11.9 Å². The molecule has 5 fully saturated rings. The number of nitrogens with one attached hydrogen (secondary N) is 5. The summed E-state index contributed by atoms with van der Waals surface area (Å²) < 4.78 is 23.9. The Bertz CT molecular complexity index is 1080. The van der Waals surface area contributed by atoms with Crippen molar-refractivity contribution in [3.05, 3.63) is 0 Å². The second-order valence-electron chi connectivity index (χ2n) is 12.9. The van der Waals surface area contributed by atoms with Gasteiger partial charge in [-0.3, -0.25) is 10.2 Å². The number of nitrogens with two attached hydrogens (primary N) is 4. The van der Waals surface area contributed by atoms with Crippen molar-refractivity contribution in [3.63, 3.8) is 0 Å². The number of rotatable bonds is 11. The van der Waals surface area contributed by atoms with Crippen molar-refractivity contribution in [1.29, 1.82) is 5.41 Å². The molecule has 0 radical (unpaired) electrons. The summed E-state index contributed by atoms with van der Waals surface area (Å²) in [6, 6.07) is -4.51. The Hall–Kier alpha value is -1.86. The number of amides is 1. The lowest BCUT2D eigenvalue weighted by atomic mass is 9.83. The highest BCUT2D eigenvalue weighted by molar-refractivity contribution is 5.91. The molecule has 0 aromatic carbocycles. The van der Waals surface area contributed by atoms with E-state index in [1.807, 2.05) is 0 Å². The molecule has 16 atom stereocenters. The molecule has 5 aliphatic rings. The summed E-state index contributed by atoms with van der Waals surface area (Å²) in [5, 5.41) is 83.0. The molecule has 3 aliphatic heterocycles. The molecular weight excluding hydrogens is 614 g/mol. The summed E-state index contributed by atoms with van der Waals surface area (Å²) >= 11 is 0. The quantitative estimate of drug-likeness (QED) is 0.0720. The number of aliphatic hydroxyl groups excluding tert-OH is 5. The van der Waals surface area contributed by atoms with Crippen LogP contribution in [0.3, 0.4) is 0 Å². The predicted octanol–water partition coefficient (Wildman–Crippen LogP) is -8.55. The molecule has 20 nitrogen and oxygen atoms in total. The van der Waals surface area contributed by atoms with E-state index in [0.717, 1.165) is 0 Å². The second kappa shape index (κ2) is 14.3. The molecule has 0 aromatic heterocycles. The summed E-state index contributed by atoms with van der Waals surface area (Å²) in [6.45, 7) is 0.760. The third-order valence-corrected chi connectivity index (χ3v) is 9.53. The molecule has 3 heterocycles. The van der Waals surface area contributed by atoms with Crippen molar-refractivity contribution in [1.82, 2.24) is 21.3 Å². The Kier molecular flexibility index (Phi) is 11.0. The molecule has 0 bridgehead atoms. The van der Waals surface area contributed by atoms with E-state index in [9.17, 15) is 35.4 Å². The highest BCUT2D eigenvalue weighted by Crippen LogP contribution is 2.37. The molecule has 0 spiro atoms. The first kappa shape index (κ1) is 35.4. The SMILES string of the molecule is N=C(N)NC1CC1(O)C(=O)N[C@@H]1C[C@H](N)C(O[C@H]2O[C@H](CN)[C@@H](O)C[C@H]2NC2CNC2)[C@H](O)[C@H]1O[C@H]1O[C@H](CO)[C@@H](O)[C@H](N)[C@H]1O. The van der Waals surface area contributed by atoms with Gasteiger partial charge in [-0.25, -0.2) is 0 Å². The number of hydrogen-bond acceptors (Lipinski definition) is 17. The van der Waals surface area contributed by atoms with Crippen LogP contribution in [0.25, 0.3) is 0 Å². The Balaban J connectivity index is 1.36. The fraction of sp³-hybridized carbons (Fsp3) is 0.923. The minimum Gasteiger partial charge on any atom is -0.394 e. The van der Waals surface area contributed by atoms with Crippen LogP contribution in [0, 0.1) is 5.41 Å². The van der Waals surface area contributed by atoms with Crippen LogP contribution in [0.4, 0.5) is 0 Å². The zero-order valence-corrected chi connectivity index (χ0v) is 25.2. The average molecular weight is 664 g/mol. The maximum Gasteiger partial charge on any atom is 0.254 e. The molecular formula is C26H49N9O11. The summed E-state index contributed by atoms with van der Waals surface area (Å²) in [6.07, 6.45) is -12.4. The van der Waals surface area contributed by atoms with Gasteiger partial charge in [0.05, 0.1) is 43.0 Å². The van der Waals surface area contributed by atoms with Crippen LogP contribution in [-0.2, 0) is 23.7 Å². The molecule has 1 amide bonds. The van der Waals surface area contributed by atoms with E-state index in [-0.39, 0.29) is 31.8 Å². The lowest BCUT2D eigenvalue weighted by molar-refractivity contribution is -0.316. The molecule has 2 aliphatic carbocycles. The molecule has 264 valence electrons. The second-order valence-corrected chi connectivity index (χ2v) is 12.9. The normalized spacial score (nSPS) is 47.9. The number of hydrogen-bond donors (Lipinski definition) is 15. The van der Waals surface area contributed by atoms with Gasteiger partial charge in [-0.15, -0.1) is 0 Å². The van der Waals surface area contributed by atoms with Crippen molar-refractivity contribution < 1.29 is 54.4 Å². The summed E-state index contributed by atoms with van der Waals surface area (Å²) in [5.74, 6) is -1.27. The monoisotopic (exact) mass is 663 g/mol. The highest BCUT2D eigenvalue weighted by atomic mass is 16.7. The zero-order chi connectivity index (χ0) is 33.5. The van der Waals surface area contributed by atoms with Crippen molar-refractivity contribution in [2.75, 3.05) is 26.2 Å². The Labute approximate surface area is 264 Å². The van der Waals surface area contributed by atoms with Crippen LogP contribution in [-0.4, -0.2) is 172 Å². The van der Waals surface area contributed by atoms with Gasteiger partial charge in [-0.1, -0.05) is 0 Å². The molecule has 0 aromatic rings. The van der Waals surface area contributed by atoms with Gasteiger partial charge in [0.1, 0.15) is 36.6 Å². The van der Waals surface area contributed by atoms with Crippen LogP contribution in [0.5, 0.6) is 0 Å². The topological polar surface area (TPSA) is 351 Å². The molecule has 20 heteroatoms. The number of guanidine groups is 1. The van der Waals surface area contributed by atoms with Gasteiger partial charge < -0.3 is 93.8 Å². The zero-order valence-electron chi connectivity index (χ0n) is 25.2. The third kappa shape index (κ3) is 7.26. The van der Waals surface area contributed by atoms with Crippen molar-refractivity contribution in [2.24, 2.45) is 22.9 Å². The van der Waals surface area contributed by atoms with E-state index in [1.165, 1.54) is 0 Å². The standard InChI is InChI=1S/C26H49N9O11/c27-4-13-12(37)2-11(33-8-5-32-6-8)22(43-13)45-20-9(28)1-10(34-24(41)26(42)3-15(26)35-25(30)31)21(19(20)40)46-23-18(39)16(29)17(38)14(7-36)44-23/h8-23,32-33,36-40,42H,1-7,27-29H2,(H,34,41)(H4,30,31,35)/t9-,10+,11+,12-,13+,14+,15?,16-,17+,18+,19-,20?,21-,22+,23+,26?/m0/s1. The largest absolute Gasteiger partial charge is 0.394 e. The van der Waals surface area contributed by atoms with Crippen molar-refractivity contribution in [3.8, 4) is 0 Å². The molecule has 3 saturated heterocycles. The van der Waals surface area contributed by atoms with Gasteiger partial charge in [0.15, 0.2) is 24.1 Å². The lowest BCUT2D eigenvalue weighted by Gasteiger charge is -2.49. The Morgan fingerprint density at radius 3 is 2.24 bits per heavy atom. The van der Waals surface area contributed by atoms with E-state index in [1.54, 1.807) is 0 Å². The van der Waals surface area contributed by atoms with E-state index in [0.29, 0.717) is 13.1 Å². The van der Waals surface area contributed by atoms with Crippen LogP contribution >= 0.6 is 0 Å². The molecule has 19 N–H and O–H groups in total. The number of aliphatic hydroxyl groups is 6. The maximum absolute atomic E-state index is 13.2.